The molecule has 2 aliphatic heterocycles. The molecule has 2 aromatic rings. The molecular weight excluding hydrogens is 426 g/mol. The molecule has 32 heavy (non-hydrogen) atoms. The van der Waals surface area contributed by atoms with E-state index in [1.807, 2.05) is 25.2 Å². The minimum absolute atomic E-state index is 0.0613. The third-order valence-electron chi connectivity index (χ3n) is 6.47. The number of esters is 1. The smallest absolute Gasteiger partial charge is 0.337 e. The van der Waals surface area contributed by atoms with E-state index < -0.39 is 10.0 Å². The van der Waals surface area contributed by atoms with Gasteiger partial charge in [0.1, 0.15) is 0 Å². The molecule has 2 aromatic carbocycles. The lowest BCUT2D eigenvalue weighted by molar-refractivity contribution is 0.0600. The Morgan fingerprint density at radius 2 is 2.00 bits per heavy atom. The number of nitrogens with zero attached hydrogens (tertiary/aromatic N) is 1. The molecule has 2 heterocycles. The maximum atomic E-state index is 13.0. The monoisotopic (exact) mass is 457 g/mol. The zero-order valence-electron chi connectivity index (χ0n) is 19.0. The molecule has 2 aliphatic rings. The molecule has 1 fully saturated rings. The Kier molecular flexibility index (Phi) is 6.04. The molecule has 0 amide bonds. The minimum atomic E-state index is -3.60. The third-order valence-corrected chi connectivity index (χ3v) is 7.99. The van der Waals surface area contributed by atoms with Crippen LogP contribution in [0.2, 0.25) is 0 Å². The van der Waals surface area contributed by atoms with Crippen LogP contribution in [-0.4, -0.2) is 52.6 Å². The summed E-state index contributed by atoms with van der Waals surface area (Å²) in [4.78, 5) is 14.3. The molecule has 0 spiro atoms. The summed E-state index contributed by atoms with van der Waals surface area (Å²) in [7, 11) is -0.226. The first-order valence-corrected chi connectivity index (χ1v) is 12.4. The fraction of sp³-hybridized carbons (Fsp3) is 0.458. The zero-order valence-corrected chi connectivity index (χ0v) is 19.8. The molecule has 0 aliphatic carbocycles. The van der Waals surface area contributed by atoms with Gasteiger partial charge in [-0.15, -0.1) is 0 Å². The highest BCUT2D eigenvalue weighted by Gasteiger charge is 2.37. The lowest BCUT2D eigenvalue weighted by Crippen LogP contribution is -2.37. The van der Waals surface area contributed by atoms with E-state index >= 15 is 0 Å². The van der Waals surface area contributed by atoms with E-state index in [0.717, 1.165) is 42.7 Å². The van der Waals surface area contributed by atoms with Gasteiger partial charge in [0.25, 0.3) is 0 Å². The zero-order chi connectivity index (χ0) is 23.1. The highest BCUT2D eigenvalue weighted by atomic mass is 32.2. The molecule has 8 heteroatoms. The van der Waals surface area contributed by atoms with Crippen molar-refractivity contribution in [3.63, 3.8) is 0 Å². The molecule has 0 radical (unpaired) electrons. The van der Waals surface area contributed by atoms with Gasteiger partial charge in [0.2, 0.25) is 10.0 Å². The van der Waals surface area contributed by atoms with E-state index in [-0.39, 0.29) is 28.4 Å². The lowest BCUT2D eigenvalue weighted by Gasteiger charge is -2.41. The van der Waals surface area contributed by atoms with Crippen LogP contribution in [0.3, 0.4) is 0 Å². The summed E-state index contributed by atoms with van der Waals surface area (Å²) in [6, 6.07) is 12.6. The van der Waals surface area contributed by atoms with Crippen LogP contribution in [0.15, 0.2) is 47.4 Å². The SMILES string of the molecule is COC(=O)c1ccc2c(c1)CC(C)(C)C(c1cccc(S(=O)(=O)NC3CCN(C)C3)c1)N2. The number of ether oxygens (including phenoxy) is 1. The molecule has 1 saturated heterocycles. The lowest BCUT2D eigenvalue weighted by atomic mass is 9.73. The van der Waals surface area contributed by atoms with Crippen LogP contribution >= 0.6 is 0 Å². The number of carbonyl (C=O) groups is 1. The summed E-state index contributed by atoms with van der Waals surface area (Å²) in [5.41, 5.74) is 3.24. The highest BCUT2D eigenvalue weighted by molar-refractivity contribution is 7.89. The summed E-state index contributed by atoms with van der Waals surface area (Å²) in [6.07, 6.45) is 1.56. The summed E-state index contributed by atoms with van der Waals surface area (Å²) in [6.45, 7) is 5.91. The molecule has 4 rings (SSSR count). The summed E-state index contributed by atoms with van der Waals surface area (Å²) in [5.74, 6) is -0.355. The Morgan fingerprint density at radius 1 is 1.22 bits per heavy atom. The average Bonchev–Trinajstić information content (AvgIpc) is 3.15. The number of benzene rings is 2. The van der Waals surface area contributed by atoms with Crippen molar-refractivity contribution in [2.45, 2.75) is 43.7 Å². The van der Waals surface area contributed by atoms with Gasteiger partial charge in [-0.2, -0.15) is 0 Å². The highest BCUT2D eigenvalue weighted by Crippen LogP contribution is 2.45. The number of rotatable bonds is 5. The van der Waals surface area contributed by atoms with Gasteiger partial charge in [-0.3, -0.25) is 0 Å². The Morgan fingerprint density at radius 3 is 2.69 bits per heavy atom. The summed E-state index contributed by atoms with van der Waals surface area (Å²) < 4.78 is 33.8. The van der Waals surface area contributed by atoms with Gasteiger partial charge >= 0.3 is 5.97 Å². The summed E-state index contributed by atoms with van der Waals surface area (Å²) >= 11 is 0. The molecule has 0 aromatic heterocycles. The minimum Gasteiger partial charge on any atom is -0.465 e. The van der Waals surface area contributed by atoms with Crippen molar-refractivity contribution >= 4 is 21.7 Å². The second-order valence-electron chi connectivity index (χ2n) is 9.55. The first-order chi connectivity index (χ1) is 15.1. The van der Waals surface area contributed by atoms with Gasteiger partial charge in [0, 0.05) is 18.3 Å². The first kappa shape index (κ1) is 22.8. The van der Waals surface area contributed by atoms with Gasteiger partial charge in [0.05, 0.1) is 23.6 Å². The van der Waals surface area contributed by atoms with Crippen LogP contribution in [0, 0.1) is 5.41 Å². The van der Waals surface area contributed by atoms with Crippen LogP contribution in [0.5, 0.6) is 0 Å². The number of likely N-dealkylation sites (N-methyl/N-ethyl adjacent to an activating group) is 1. The number of carbonyl (C=O) groups excluding carboxylic acids is 1. The van der Waals surface area contributed by atoms with Crippen LogP contribution in [0.1, 0.15) is 47.8 Å². The Balaban J connectivity index is 1.61. The second kappa shape index (κ2) is 8.50. The molecule has 0 bridgehead atoms. The van der Waals surface area contributed by atoms with E-state index in [4.69, 9.17) is 4.74 Å². The number of hydrogen-bond donors (Lipinski definition) is 2. The maximum absolute atomic E-state index is 13.0. The number of methoxy groups -OCH3 is 1. The molecule has 2 atom stereocenters. The normalized spacial score (nSPS) is 22.8. The molecule has 7 nitrogen and oxygen atoms in total. The van der Waals surface area contributed by atoms with E-state index in [1.165, 1.54) is 7.11 Å². The predicted molar refractivity (Wildman–Crippen MR) is 124 cm³/mol. The fourth-order valence-electron chi connectivity index (χ4n) is 4.78. The topological polar surface area (TPSA) is 87.7 Å². The number of anilines is 1. The van der Waals surface area contributed by atoms with E-state index in [1.54, 1.807) is 24.3 Å². The van der Waals surface area contributed by atoms with Crippen LogP contribution in [-0.2, 0) is 21.2 Å². The van der Waals surface area contributed by atoms with Gasteiger partial charge in [-0.05, 0) is 73.3 Å². The third kappa shape index (κ3) is 4.53. The fourth-order valence-corrected chi connectivity index (χ4v) is 6.10. The molecule has 172 valence electrons. The van der Waals surface area contributed by atoms with Gasteiger partial charge in [-0.1, -0.05) is 26.0 Å². The van der Waals surface area contributed by atoms with E-state index in [2.05, 4.69) is 28.8 Å². The first-order valence-electron chi connectivity index (χ1n) is 10.9. The van der Waals surface area contributed by atoms with Crippen molar-refractivity contribution < 1.29 is 17.9 Å². The molecular formula is C24H31N3O4S. The van der Waals surface area contributed by atoms with Crippen LogP contribution < -0.4 is 10.0 Å². The van der Waals surface area contributed by atoms with Gasteiger partial charge in [0.15, 0.2) is 0 Å². The number of fused-ring (bicyclic) bond motifs is 1. The number of sulfonamides is 1. The number of hydrogen-bond acceptors (Lipinski definition) is 6. The van der Waals surface area contributed by atoms with Crippen molar-refractivity contribution in [2.24, 2.45) is 5.41 Å². The second-order valence-corrected chi connectivity index (χ2v) is 11.3. The van der Waals surface area contributed by atoms with E-state index in [9.17, 15) is 13.2 Å². The van der Waals surface area contributed by atoms with Crippen LogP contribution in [0.4, 0.5) is 5.69 Å². The summed E-state index contributed by atoms with van der Waals surface area (Å²) in [5, 5.41) is 3.57. The van der Waals surface area contributed by atoms with Crippen molar-refractivity contribution in [1.29, 1.82) is 0 Å². The van der Waals surface area contributed by atoms with Gasteiger partial charge < -0.3 is 15.0 Å². The van der Waals surface area contributed by atoms with E-state index in [0.29, 0.717) is 5.56 Å². The van der Waals surface area contributed by atoms with Crippen molar-refractivity contribution in [3.05, 3.63) is 59.2 Å². The van der Waals surface area contributed by atoms with Crippen LogP contribution in [0.25, 0.3) is 0 Å². The van der Waals surface area contributed by atoms with Gasteiger partial charge in [-0.25, -0.2) is 17.9 Å². The standard InChI is InChI=1S/C24H31N3O4S/c1-24(2)14-18-12-17(23(28)31-4)8-9-21(18)25-22(24)16-6-5-7-20(13-16)32(29,30)26-19-10-11-27(3)15-19/h5-9,12-13,19,22,25-26H,10-11,14-15H2,1-4H3. The van der Waals surface area contributed by atoms with Crippen molar-refractivity contribution in [1.82, 2.24) is 9.62 Å². The molecule has 2 N–H and O–H groups in total. The largest absolute Gasteiger partial charge is 0.465 e. The predicted octanol–water partition coefficient (Wildman–Crippen LogP) is 3.19. The Hall–Kier alpha value is -2.42. The maximum Gasteiger partial charge on any atom is 0.337 e. The number of nitrogens with one attached hydrogen (secondary N) is 2. The Labute approximate surface area is 190 Å². The van der Waals surface area contributed by atoms with Crippen molar-refractivity contribution in [2.75, 3.05) is 32.6 Å². The molecule has 0 saturated carbocycles. The quantitative estimate of drug-likeness (QED) is 0.671. The Bertz CT molecular complexity index is 1130. The molecule has 2 unspecified atom stereocenters. The number of likely N-dealkylation sites (tertiary alicyclic amines) is 1. The van der Waals surface area contributed by atoms with Crippen molar-refractivity contribution in [3.8, 4) is 0 Å². The average molecular weight is 458 g/mol.